The standard InChI is InChI=1S/C25H21F2N5O/c26-15-4-3-11-32(14-15)16-7-9-21-22(12-16)29-25(28-21)24-18-13-17(8-10-20(18)30-31-24)33-23-6-2-1-5-19(23)27/h1-2,5-10,12-13,15H,3-4,11,14H2,(H,28,29)(H,30,31). The average molecular weight is 445 g/mol. The fraction of sp³-hybridized carbons (Fsp3) is 0.200. The van der Waals surface area contributed by atoms with Crippen molar-refractivity contribution in [1.29, 1.82) is 0 Å². The second-order valence-corrected chi connectivity index (χ2v) is 8.28. The maximum absolute atomic E-state index is 14.0. The van der Waals surface area contributed by atoms with Gasteiger partial charge in [-0.3, -0.25) is 5.10 Å². The third kappa shape index (κ3) is 3.67. The van der Waals surface area contributed by atoms with E-state index in [1.54, 1.807) is 24.3 Å². The van der Waals surface area contributed by atoms with Gasteiger partial charge in [0.2, 0.25) is 0 Å². The number of nitrogens with one attached hydrogen (secondary N) is 2. The summed E-state index contributed by atoms with van der Waals surface area (Å²) in [7, 11) is 0. The van der Waals surface area contributed by atoms with Gasteiger partial charge in [-0.25, -0.2) is 13.8 Å². The third-order valence-corrected chi connectivity index (χ3v) is 6.02. The van der Waals surface area contributed by atoms with Gasteiger partial charge in [0, 0.05) is 24.2 Å². The summed E-state index contributed by atoms with van der Waals surface area (Å²) in [4.78, 5) is 10.1. The highest BCUT2D eigenvalue weighted by molar-refractivity contribution is 5.94. The molecule has 0 amide bonds. The Morgan fingerprint density at radius 1 is 1.03 bits per heavy atom. The van der Waals surface area contributed by atoms with Crippen molar-refractivity contribution in [2.24, 2.45) is 0 Å². The van der Waals surface area contributed by atoms with E-state index in [0.29, 0.717) is 30.2 Å². The van der Waals surface area contributed by atoms with E-state index >= 15 is 0 Å². The van der Waals surface area contributed by atoms with Crippen molar-refractivity contribution in [1.82, 2.24) is 20.2 Å². The number of anilines is 1. The van der Waals surface area contributed by atoms with Gasteiger partial charge in [-0.05, 0) is 61.4 Å². The van der Waals surface area contributed by atoms with E-state index in [4.69, 9.17) is 9.72 Å². The van der Waals surface area contributed by atoms with Crippen LogP contribution in [0.25, 0.3) is 33.5 Å². The molecule has 8 heteroatoms. The number of rotatable bonds is 4. The molecule has 166 valence electrons. The molecule has 1 aliphatic heterocycles. The van der Waals surface area contributed by atoms with E-state index in [9.17, 15) is 8.78 Å². The summed E-state index contributed by atoms with van der Waals surface area (Å²) in [6.07, 6.45) is 0.689. The summed E-state index contributed by atoms with van der Waals surface area (Å²) in [5, 5.41) is 8.26. The molecular weight excluding hydrogens is 424 g/mol. The lowest BCUT2D eigenvalue weighted by Gasteiger charge is -2.30. The lowest BCUT2D eigenvalue weighted by atomic mass is 10.1. The molecule has 0 saturated carbocycles. The number of H-pyrrole nitrogens is 2. The van der Waals surface area contributed by atoms with Crippen LogP contribution in [0.15, 0.2) is 60.7 Å². The predicted octanol–water partition coefficient (Wildman–Crippen LogP) is 5.98. The first-order valence-electron chi connectivity index (χ1n) is 10.9. The van der Waals surface area contributed by atoms with Crippen LogP contribution >= 0.6 is 0 Å². The van der Waals surface area contributed by atoms with Gasteiger partial charge in [0.05, 0.1) is 16.6 Å². The van der Waals surface area contributed by atoms with Crippen molar-refractivity contribution in [3.63, 3.8) is 0 Å². The minimum Gasteiger partial charge on any atom is -0.454 e. The van der Waals surface area contributed by atoms with Crippen molar-refractivity contribution in [3.05, 3.63) is 66.5 Å². The zero-order valence-electron chi connectivity index (χ0n) is 17.7. The third-order valence-electron chi connectivity index (χ3n) is 6.02. The molecule has 3 aromatic carbocycles. The Morgan fingerprint density at radius 3 is 2.82 bits per heavy atom. The minimum atomic E-state index is -0.789. The zero-order valence-corrected chi connectivity index (χ0v) is 17.7. The topological polar surface area (TPSA) is 69.8 Å². The SMILES string of the molecule is Fc1ccccc1Oc1ccc2[nH]nc(-c3nc4ccc(N5CCCC(F)C5)cc4[nH]3)c2c1. The van der Waals surface area contributed by atoms with Crippen LogP contribution in [0.4, 0.5) is 14.5 Å². The first-order valence-corrected chi connectivity index (χ1v) is 10.9. The van der Waals surface area contributed by atoms with Gasteiger partial charge in [0.25, 0.3) is 0 Å². The van der Waals surface area contributed by atoms with Gasteiger partial charge < -0.3 is 14.6 Å². The molecule has 1 unspecified atom stereocenters. The quantitative estimate of drug-likeness (QED) is 0.357. The van der Waals surface area contributed by atoms with Gasteiger partial charge in [-0.15, -0.1) is 0 Å². The molecule has 1 saturated heterocycles. The molecule has 6 rings (SSSR count). The van der Waals surface area contributed by atoms with Crippen LogP contribution in [0, 0.1) is 5.82 Å². The maximum Gasteiger partial charge on any atom is 0.165 e. The van der Waals surface area contributed by atoms with Crippen LogP contribution in [-0.4, -0.2) is 39.4 Å². The number of nitrogens with zero attached hydrogens (tertiary/aromatic N) is 3. The van der Waals surface area contributed by atoms with Crippen LogP contribution in [0.1, 0.15) is 12.8 Å². The van der Waals surface area contributed by atoms with E-state index in [-0.39, 0.29) is 5.75 Å². The van der Waals surface area contributed by atoms with Crippen molar-refractivity contribution in [2.75, 3.05) is 18.0 Å². The number of halogens is 2. The van der Waals surface area contributed by atoms with E-state index in [1.807, 2.05) is 30.3 Å². The number of hydrogen-bond acceptors (Lipinski definition) is 4. The molecule has 5 aromatic rings. The predicted molar refractivity (Wildman–Crippen MR) is 124 cm³/mol. The summed E-state index contributed by atoms with van der Waals surface area (Å²) in [6, 6.07) is 17.6. The number of hydrogen-bond donors (Lipinski definition) is 2. The molecule has 33 heavy (non-hydrogen) atoms. The van der Waals surface area contributed by atoms with E-state index in [2.05, 4.69) is 20.1 Å². The van der Waals surface area contributed by atoms with Gasteiger partial charge in [0.1, 0.15) is 17.6 Å². The second-order valence-electron chi connectivity index (χ2n) is 8.28. The number of fused-ring (bicyclic) bond motifs is 2. The lowest BCUT2D eigenvalue weighted by Crippen LogP contribution is -2.36. The number of para-hydroxylation sites is 1. The molecule has 3 heterocycles. The molecule has 0 bridgehead atoms. The summed E-state index contributed by atoms with van der Waals surface area (Å²) < 4.78 is 33.6. The first-order chi connectivity index (χ1) is 16.1. The number of benzene rings is 3. The number of piperidine rings is 1. The summed E-state index contributed by atoms with van der Waals surface area (Å²) in [5.74, 6) is 0.843. The Kier molecular flexibility index (Phi) is 4.71. The largest absolute Gasteiger partial charge is 0.454 e. The van der Waals surface area contributed by atoms with E-state index < -0.39 is 12.0 Å². The fourth-order valence-electron chi connectivity index (χ4n) is 4.36. The van der Waals surface area contributed by atoms with Gasteiger partial charge in [-0.2, -0.15) is 5.10 Å². The van der Waals surface area contributed by atoms with Crippen molar-refractivity contribution >= 4 is 27.6 Å². The Balaban J connectivity index is 1.35. The highest BCUT2D eigenvalue weighted by Gasteiger charge is 2.20. The van der Waals surface area contributed by atoms with Crippen molar-refractivity contribution < 1.29 is 13.5 Å². The summed E-state index contributed by atoms with van der Waals surface area (Å²) in [5.41, 5.74) is 4.10. The van der Waals surface area contributed by atoms with Gasteiger partial charge in [-0.1, -0.05) is 12.1 Å². The van der Waals surface area contributed by atoms with Crippen molar-refractivity contribution in [3.8, 4) is 23.0 Å². The molecule has 2 N–H and O–H groups in total. The Hall–Kier alpha value is -3.94. The maximum atomic E-state index is 14.0. The monoisotopic (exact) mass is 445 g/mol. The highest BCUT2D eigenvalue weighted by Crippen LogP contribution is 2.32. The van der Waals surface area contributed by atoms with Crippen LogP contribution in [-0.2, 0) is 0 Å². The smallest absolute Gasteiger partial charge is 0.165 e. The summed E-state index contributed by atoms with van der Waals surface area (Å²) >= 11 is 0. The summed E-state index contributed by atoms with van der Waals surface area (Å²) in [6.45, 7) is 1.27. The fourth-order valence-corrected chi connectivity index (χ4v) is 4.36. The molecule has 0 radical (unpaired) electrons. The number of imidazole rings is 1. The van der Waals surface area contributed by atoms with E-state index in [0.717, 1.165) is 40.6 Å². The molecule has 0 spiro atoms. The molecule has 1 aliphatic rings. The van der Waals surface area contributed by atoms with Crippen molar-refractivity contribution in [2.45, 2.75) is 19.0 Å². The van der Waals surface area contributed by atoms with Gasteiger partial charge >= 0.3 is 0 Å². The average Bonchev–Trinajstić information content (AvgIpc) is 3.43. The number of alkyl halides is 1. The lowest BCUT2D eigenvalue weighted by molar-refractivity contribution is 0.287. The number of ether oxygens (including phenoxy) is 1. The Labute approximate surface area is 188 Å². The minimum absolute atomic E-state index is 0.159. The van der Waals surface area contributed by atoms with Crippen LogP contribution < -0.4 is 9.64 Å². The van der Waals surface area contributed by atoms with Gasteiger partial charge in [0.15, 0.2) is 17.4 Å². The highest BCUT2D eigenvalue weighted by atomic mass is 19.1. The number of aromatic nitrogens is 4. The van der Waals surface area contributed by atoms with Crippen LogP contribution in [0.2, 0.25) is 0 Å². The second kappa shape index (κ2) is 7.88. The normalized spacial score (nSPS) is 16.5. The zero-order chi connectivity index (χ0) is 22.4. The van der Waals surface area contributed by atoms with E-state index in [1.165, 1.54) is 6.07 Å². The molecule has 1 atom stereocenters. The molecule has 0 aliphatic carbocycles. The molecule has 2 aromatic heterocycles. The Morgan fingerprint density at radius 2 is 1.94 bits per heavy atom. The van der Waals surface area contributed by atoms with Crippen LogP contribution in [0.5, 0.6) is 11.5 Å². The first kappa shape index (κ1) is 19.7. The number of aromatic amines is 2. The molecule has 6 nitrogen and oxygen atoms in total. The molecule has 1 fully saturated rings. The molecular formula is C25H21F2N5O. The van der Waals surface area contributed by atoms with Crippen LogP contribution in [0.3, 0.4) is 0 Å². The Bertz CT molecular complexity index is 1460.